The molecule has 1 saturated carbocycles. The van der Waals surface area contributed by atoms with Crippen molar-refractivity contribution >= 4 is 64.1 Å². The number of unbranched alkanes of at least 4 members (excludes halogenated alkanes) is 1. The summed E-state index contributed by atoms with van der Waals surface area (Å²) >= 11 is 0. The van der Waals surface area contributed by atoms with Crippen LogP contribution in [0.3, 0.4) is 0 Å². The summed E-state index contributed by atoms with van der Waals surface area (Å²) in [4.78, 5) is 121. The second-order valence-electron chi connectivity index (χ2n) is 19.8. The zero-order valence-corrected chi connectivity index (χ0v) is 43.0. The Labute approximate surface area is 437 Å². The number of aromatic amines is 1. The van der Waals surface area contributed by atoms with Crippen LogP contribution in [0.1, 0.15) is 126 Å². The summed E-state index contributed by atoms with van der Waals surface area (Å²) in [6, 6.07) is 19.7. The molecule has 20 nitrogen and oxygen atoms in total. The smallest absolute Gasteiger partial charge is 0.246 e. The van der Waals surface area contributed by atoms with Gasteiger partial charge in [-0.2, -0.15) is 0 Å². The lowest BCUT2D eigenvalue weighted by molar-refractivity contribution is -0.140. The highest BCUT2D eigenvalue weighted by Crippen LogP contribution is 2.39. The van der Waals surface area contributed by atoms with Crippen LogP contribution in [0.5, 0.6) is 0 Å². The molecule has 1 aliphatic carbocycles. The SMILES string of the molecule is CCCCC(=O)N[C@H]1CC(=O)NCCCC[C@@H](C(N)=O)NC(=O)[C@H]([C@@H](C)c2c[nH]c3ccccc23)NC(=O)[C@H](CCCN=C(N)N)NC(=O)[C@H](Cc2ccccc2)NC(=O)C2(CCC(c3ccccc3)CC2)NC1=O. The van der Waals surface area contributed by atoms with Crippen LogP contribution in [0.4, 0.5) is 0 Å². The number of fused-ring (bicyclic) bond motifs is 1. The first-order valence-electron chi connectivity index (χ1n) is 26.2. The molecule has 0 unspecified atom stereocenters. The standard InChI is InChI=1S/C55H74N12O8/c1-3-4-24-45(68)62-44-32-46(69)59-29-14-13-22-41(48(56)70)63-52(74)47(34(2)39-33-61-40-21-12-11-20-38(39)40)66-49(71)42(23-15-30-60-54(57)58)64-50(72)43(31-35-16-7-5-8-17-35)65-53(75)55(67-51(44)73)27-25-37(26-28-55)36-18-9-6-10-19-36/h5-12,16-21,33-34,37,41-44,47,61H,3-4,13-15,22-32H2,1-2H3,(H2,56,70)(H,59,69)(H,62,68)(H,63,74)(H,64,72)(H,65,75)(H,66,71)(H,67,73)(H4,57,58,60)/t34-,37?,41-,42-,43-,44-,47-,55?/m0/s1. The lowest BCUT2D eigenvalue weighted by atomic mass is 9.73. The van der Waals surface area contributed by atoms with Crippen LogP contribution in [0, 0.1) is 0 Å². The van der Waals surface area contributed by atoms with Crippen LogP contribution in [0.25, 0.3) is 10.9 Å². The fourth-order valence-electron chi connectivity index (χ4n) is 9.94. The van der Waals surface area contributed by atoms with Crippen LogP contribution >= 0.6 is 0 Å². The zero-order chi connectivity index (χ0) is 53.9. The molecule has 6 atom stereocenters. The molecule has 1 spiro atoms. The normalized spacial score (nSPS) is 24.3. The lowest BCUT2D eigenvalue weighted by Gasteiger charge is -2.41. The van der Waals surface area contributed by atoms with Gasteiger partial charge < -0.3 is 59.4 Å². The van der Waals surface area contributed by atoms with Crippen molar-refractivity contribution in [3.63, 3.8) is 0 Å². The number of amides is 8. The van der Waals surface area contributed by atoms with Gasteiger partial charge in [0.2, 0.25) is 47.3 Å². The number of hydrogen-bond acceptors (Lipinski definition) is 9. The van der Waals surface area contributed by atoms with Gasteiger partial charge in [0.25, 0.3) is 0 Å². The average molecular weight is 1030 g/mol. The maximum absolute atomic E-state index is 15.2. The molecular formula is C55H74N12O8. The number of para-hydroxylation sites is 1. The van der Waals surface area contributed by atoms with Gasteiger partial charge in [-0.1, -0.05) is 99.1 Å². The van der Waals surface area contributed by atoms with Gasteiger partial charge in [-0.3, -0.25) is 43.3 Å². The molecule has 2 aliphatic rings. The van der Waals surface area contributed by atoms with E-state index in [0.29, 0.717) is 49.7 Å². The van der Waals surface area contributed by atoms with Gasteiger partial charge >= 0.3 is 0 Å². The van der Waals surface area contributed by atoms with Crippen molar-refractivity contribution in [2.45, 2.75) is 151 Å². The minimum Gasteiger partial charge on any atom is -0.370 e. The first kappa shape index (κ1) is 56.5. The van der Waals surface area contributed by atoms with E-state index in [1.54, 1.807) is 37.4 Å². The summed E-state index contributed by atoms with van der Waals surface area (Å²) in [6.07, 6.45) is 4.79. The first-order chi connectivity index (χ1) is 36.1. The molecule has 0 radical (unpaired) electrons. The Hall–Kier alpha value is -7.77. The van der Waals surface area contributed by atoms with Crippen LogP contribution in [-0.4, -0.2) is 107 Å². The fraction of sp³-hybridized carbons (Fsp3) is 0.473. The predicted molar refractivity (Wildman–Crippen MR) is 285 cm³/mol. The Kier molecular flexibility index (Phi) is 20.7. The van der Waals surface area contributed by atoms with E-state index in [9.17, 15) is 33.6 Å². The summed E-state index contributed by atoms with van der Waals surface area (Å²) in [7, 11) is 0. The number of nitrogens with two attached hydrogens (primary N) is 3. The molecule has 1 aromatic heterocycles. The van der Waals surface area contributed by atoms with Gasteiger partial charge in [0.15, 0.2) is 5.96 Å². The zero-order valence-electron chi connectivity index (χ0n) is 43.0. The Balaban J connectivity index is 1.41. The van der Waals surface area contributed by atoms with Gasteiger partial charge in [0.05, 0.1) is 6.42 Å². The van der Waals surface area contributed by atoms with Gasteiger partial charge in [0, 0.05) is 48.9 Å². The number of carbonyl (C=O) groups is 8. The number of guanidine groups is 1. The number of H-pyrrole nitrogens is 1. The Morgan fingerprint density at radius 2 is 1.44 bits per heavy atom. The average Bonchev–Trinajstić information content (AvgIpc) is 3.84. The van der Waals surface area contributed by atoms with Gasteiger partial charge in [-0.05, 0) is 92.9 Å². The highest BCUT2D eigenvalue weighted by molar-refractivity contribution is 6.00. The molecule has 402 valence electrons. The minimum atomic E-state index is -1.61. The van der Waals surface area contributed by atoms with Crippen molar-refractivity contribution < 1.29 is 38.4 Å². The first-order valence-corrected chi connectivity index (χ1v) is 26.2. The Morgan fingerprint density at radius 3 is 2.13 bits per heavy atom. The van der Waals surface area contributed by atoms with E-state index in [1.165, 1.54) is 0 Å². The number of rotatable bonds is 14. The summed E-state index contributed by atoms with van der Waals surface area (Å²) in [5.74, 6) is -6.28. The summed E-state index contributed by atoms with van der Waals surface area (Å²) in [5.41, 5.74) is 18.7. The quantitative estimate of drug-likeness (QED) is 0.0498. The Morgan fingerprint density at radius 1 is 0.760 bits per heavy atom. The largest absolute Gasteiger partial charge is 0.370 e. The van der Waals surface area contributed by atoms with Crippen LogP contribution in [0.15, 0.2) is 96.1 Å². The van der Waals surface area contributed by atoms with Crippen molar-refractivity contribution in [2.75, 3.05) is 13.1 Å². The third kappa shape index (κ3) is 16.1. The molecule has 2 heterocycles. The van der Waals surface area contributed by atoms with E-state index < -0.39 is 95.3 Å². The molecule has 75 heavy (non-hydrogen) atoms. The number of benzene rings is 3. The summed E-state index contributed by atoms with van der Waals surface area (Å²) in [6.45, 7) is 3.89. The second kappa shape index (κ2) is 27.5. The van der Waals surface area contributed by atoms with Crippen LogP contribution in [0.2, 0.25) is 0 Å². The van der Waals surface area contributed by atoms with E-state index in [0.717, 1.165) is 16.5 Å². The minimum absolute atomic E-state index is 0.0148. The number of primary amides is 1. The van der Waals surface area contributed by atoms with Gasteiger partial charge in [0.1, 0.15) is 35.7 Å². The molecular weight excluding hydrogens is 957 g/mol. The number of nitrogens with one attached hydrogen (secondary N) is 8. The molecule has 2 fully saturated rings. The number of aromatic nitrogens is 1. The molecule has 0 bridgehead atoms. The van der Waals surface area contributed by atoms with Crippen molar-refractivity contribution in [1.29, 1.82) is 0 Å². The van der Waals surface area contributed by atoms with Crippen molar-refractivity contribution in [1.82, 2.24) is 42.2 Å². The lowest BCUT2D eigenvalue weighted by Crippen LogP contribution is -2.66. The molecule has 14 N–H and O–H groups in total. The van der Waals surface area contributed by atoms with Crippen LogP contribution < -0.4 is 54.4 Å². The molecule has 8 amide bonds. The molecule has 4 aromatic rings. The van der Waals surface area contributed by atoms with E-state index in [2.05, 4.69) is 47.2 Å². The maximum atomic E-state index is 15.2. The predicted octanol–water partition coefficient (Wildman–Crippen LogP) is 2.57. The second-order valence-corrected chi connectivity index (χ2v) is 19.8. The summed E-state index contributed by atoms with van der Waals surface area (Å²) < 4.78 is 0. The number of carbonyl (C=O) groups excluding carboxylic acids is 8. The molecule has 1 aliphatic heterocycles. The number of hydrogen-bond donors (Lipinski definition) is 11. The van der Waals surface area contributed by atoms with Gasteiger partial charge in [-0.15, -0.1) is 0 Å². The van der Waals surface area contributed by atoms with Crippen molar-refractivity contribution in [3.8, 4) is 0 Å². The topological polar surface area (TPSA) is 327 Å². The maximum Gasteiger partial charge on any atom is 0.246 e. The van der Waals surface area contributed by atoms with Crippen molar-refractivity contribution in [2.24, 2.45) is 22.2 Å². The van der Waals surface area contributed by atoms with E-state index in [1.807, 2.05) is 67.6 Å². The third-order valence-corrected chi connectivity index (χ3v) is 14.3. The highest BCUT2D eigenvalue weighted by atomic mass is 16.2. The van der Waals surface area contributed by atoms with E-state index in [4.69, 9.17) is 17.2 Å². The third-order valence-electron chi connectivity index (χ3n) is 14.3. The molecule has 20 heteroatoms. The number of aliphatic imine (C=N–C) groups is 1. The molecule has 1 saturated heterocycles. The van der Waals surface area contributed by atoms with E-state index >= 15 is 4.79 Å². The number of nitrogens with zero attached hydrogens (tertiary/aromatic N) is 1. The summed E-state index contributed by atoms with van der Waals surface area (Å²) in [5, 5.41) is 20.8. The molecule has 6 rings (SSSR count). The molecule has 3 aromatic carbocycles. The van der Waals surface area contributed by atoms with Gasteiger partial charge in [-0.25, -0.2) is 0 Å². The van der Waals surface area contributed by atoms with Crippen LogP contribution in [-0.2, 0) is 44.8 Å². The monoisotopic (exact) mass is 1030 g/mol. The Bertz CT molecular complexity index is 2630. The highest BCUT2D eigenvalue weighted by Gasteiger charge is 2.46. The van der Waals surface area contributed by atoms with E-state index in [-0.39, 0.29) is 69.9 Å². The van der Waals surface area contributed by atoms with Crippen molar-refractivity contribution in [3.05, 3.63) is 108 Å². The fourth-order valence-corrected chi connectivity index (χ4v) is 9.94.